The zero-order valence-corrected chi connectivity index (χ0v) is 7.33. The van der Waals surface area contributed by atoms with E-state index in [1.165, 1.54) is 6.20 Å². The van der Waals surface area contributed by atoms with Crippen molar-refractivity contribution in [1.29, 1.82) is 0 Å². The van der Waals surface area contributed by atoms with Crippen molar-refractivity contribution in [3.8, 4) is 0 Å². The number of halogens is 3. The van der Waals surface area contributed by atoms with Crippen molar-refractivity contribution in [2.75, 3.05) is 0 Å². The van der Waals surface area contributed by atoms with E-state index in [2.05, 4.69) is 20.9 Å². The maximum Gasteiger partial charge on any atom is 0.143 e. The van der Waals surface area contributed by atoms with Gasteiger partial charge in [-0.2, -0.15) is 0 Å². The first-order chi connectivity index (χ1) is 4.20. The van der Waals surface area contributed by atoms with Gasteiger partial charge in [-0.1, -0.05) is 23.2 Å². The van der Waals surface area contributed by atoms with Gasteiger partial charge in [0.2, 0.25) is 0 Å². The molecule has 0 saturated carbocycles. The molecule has 1 heterocycles. The Morgan fingerprint density at radius 2 is 2.11 bits per heavy atom. The Bertz CT molecular complexity index is 226. The molecule has 0 radical (unpaired) electrons. The number of aromatic nitrogens is 1. The van der Waals surface area contributed by atoms with Crippen molar-refractivity contribution in [2.24, 2.45) is 0 Å². The Balaban J connectivity index is 3.17. The van der Waals surface area contributed by atoms with Crippen LogP contribution in [-0.2, 0) is 0 Å². The molecule has 0 fully saturated rings. The number of rotatable bonds is 0. The van der Waals surface area contributed by atoms with E-state index in [1.807, 2.05) is 0 Å². The molecule has 4 heteroatoms. The summed E-state index contributed by atoms with van der Waals surface area (Å²) in [5, 5.41) is 1.01. The fourth-order valence-electron chi connectivity index (χ4n) is 0.398. The van der Waals surface area contributed by atoms with Gasteiger partial charge in [-0.25, -0.2) is 4.98 Å². The van der Waals surface area contributed by atoms with Gasteiger partial charge in [0.1, 0.15) is 5.15 Å². The smallest absolute Gasteiger partial charge is 0.143 e. The molecular formula is C5H2BrCl2N. The molecule has 0 aromatic carbocycles. The van der Waals surface area contributed by atoms with Gasteiger partial charge in [-0.05, 0) is 22.0 Å². The van der Waals surface area contributed by atoms with E-state index in [0.717, 1.165) is 4.47 Å². The van der Waals surface area contributed by atoms with Crippen LogP contribution in [0.1, 0.15) is 0 Å². The van der Waals surface area contributed by atoms with Gasteiger partial charge in [-0.3, -0.25) is 0 Å². The molecule has 1 aromatic rings. The largest absolute Gasteiger partial charge is 0.242 e. The van der Waals surface area contributed by atoms with Crippen LogP contribution in [0.4, 0.5) is 0 Å². The van der Waals surface area contributed by atoms with Crippen molar-refractivity contribution in [3.63, 3.8) is 0 Å². The quantitative estimate of drug-likeness (QED) is 0.620. The van der Waals surface area contributed by atoms with E-state index < -0.39 is 0 Å². The first-order valence-electron chi connectivity index (χ1n) is 2.16. The highest BCUT2D eigenvalue weighted by molar-refractivity contribution is 9.10. The van der Waals surface area contributed by atoms with Crippen molar-refractivity contribution >= 4 is 39.1 Å². The Kier molecular flexibility index (Phi) is 2.33. The Hall–Kier alpha value is 0.210. The Labute approximate surface area is 71.1 Å². The molecule has 0 spiro atoms. The minimum Gasteiger partial charge on any atom is -0.242 e. The normalized spacial score (nSPS) is 9.67. The van der Waals surface area contributed by atoms with E-state index in [0.29, 0.717) is 10.2 Å². The predicted molar refractivity (Wildman–Crippen MR) is 42.0 cm³/mol. The lowest BCUT2D eigenvalue weighted by Gasteiger charge is -1.92. The molecular weight excluding hydrogens is 225 g/mol. The predicted octanol–water partition coefficient (Wildman–Crippen LogP) is 3.15. The molecule has 0 unspecified atom stereocenters. The lowest BCUT2D eigenvalue weighted by atomic mass is 10.5. The summed E-state index contributed by atoms with van der Waals surface area (Å²) in [5.74, 6) is 0. The average molecular weight is 227 g/mol. The number of hydrogen-bond donors (Lipinski definition) is 0. The summed E-state index contributed by atoms with van der Waals surface area (Å²) in [4.78, 5) is 3.76. The van der Waals surface area contributed by atoms with E-state index in [9.17, 15) is 0 Å². The Morgan fingerprint density at radius 3 is 2.56 bits per heavy atom. The highest BCUT2D eigenvalue weighted by atomic mass is 79.9. The van der Waals surface area contributed by atoms with Crippen molar-refractivity contribution in [2.45, 2.75) is 0 Å². The van der Waals surface area contributed by atoms with Crippen LogP contribution >= 0.6 is 39.1 Å². The minimum atomic E-state index is 0.430. The molecule has 0 N–H and O–H groups in total. The van der Waals surface area contributed by atoms with Crippen LogP contribution in [0.5, 0.6) is 0 Å². The van der Waals surface area contributed by atoms with Gasteiger partial charge in [0.15, 0.2) is 0 Å². The number of pyridine rings is 1. The summed E-state index contributed by atoms with van der Waals surface area (Å²) in [6.07, 6.45) is 1.49. The van der Waals surface area contributed by atoms with Crippen molar-refractivity contribution in [3.05, 3.63) is 26.9 Å². The third-order valence-electron chi connectivity index (χ3n) is 0.763. The molecule has 1 rings (SSSR count). The van der Waals surface area contributed by atoms with Crippen LogP contribution in [0.3, 0.4) is 0 Å². The first kappa shape index (κ1) is 7.32. The molecule has 0 aliphatic rings. The van der Waals surface area contributed by atoms with Crippen molar-refractivity contribution < 1.29 is 0 Å². The average Bonchev–Trinajstić information content (AvgIpc) is 1.80. The molecule has 1 nitrogen and oxygen atoms in total. The van der Waals surface area contributed by atoms with E-state index in [4.69, 9.17) is 23.2 Å². The fourth-order valence-corrected chi connectivity index (χ4v) is 1.14. The van der Waals surface area contributed by atoms with E-state index in [-0.39, 0.29) is 0 Å². The highest BCUT2D eigenvalue weighted by Crippen LogP contribution is 2.22. The third-order valence-corrected chi connectivity index (χ3v) is 2.10. The fraction of sp³-hybridized carbons (Fsp3) is 0. The first-order valence-corrected chi connectivity index (χ1v) is 3.71. The second-order valence-corrected chi connectivity index (χ2v) is 3.07. The molecule has 0 aliphatic heterocycles. The second-order valence-electron chi connectivity index (χ2n) is 1.43. The van der Waals surface area contributed by atoms with Gasteiger partial charge >= 0.3 is 0 Å². The van der Waals surface area contributed by atoms with Crippen LogP contribution in [0.2, 0.25) is 10.2 Å². The van der Waals surface area contributed by atoms with E-state index in [1.54, 1.807) is 6.07 Å². The summed E-state index contributed by atoms with van der Waals surface area (Å²) < 4.78 is 0.719. The van der Waals surface area contributed by atoms with E-state index >= 15 is 0 Å². The molecule has 0 aliphatic carbocycles. The van der Waals surface area contributed by atoms with Gasteiger partial charge < -0.3 is 0 Å². The van der Waals surface area contributed by atoms with Crippen LogP contribution in [0.15, 0.2) is 16.7 Å². The topological polar surface area (TPSA) is 12.9 Å². The zero-order chi connectivity index (χ0) is 6.85. The van der Waals surface area contributed by atoms with Crippen LogP contribution in [0, 0.1) is 0 Å². The summed E-state index contributed by atoms with van der Waals surface area (Å²) in [6.45, 7) is 0. The summed E-state index contributed by atoms with van der Waals surface area (Å²) in [6, 6.07) is 1.69. The second kappa shape index (κ2) is 2.86. The van der Waals surface area contributed by atoms with Gasteiger partial charge in [0.05, 0.1) is 9.50 Å². The third kappa shape index (κ3) is 1.81. The maximum absolute atomic E-state index is 5.57. The standard InChI is InChI=1S/C5H2BrCl2N/c6-4-1-3(7)2-9-5(4)8/h1-2H. The number of hydrogen-bond acceptors (Lipinski definition) is 1. The van der Waals surface area contributed by atoms with Gasteiger partial charge in [-0.15, -0.1) is 0 Å². The van der Waals surface area contributed by atoms with Gasteiger partial charge in [0.25, 0.3) is 0 Å². The summed E-state index contributed by atoms with van der Waals surface area (Å²) in [7, 11) is 0. The molecule has 0 bridgehead atoms. The highest BCUT2D eigenvalue weighted by Gasteiger charge is 1.96. The van der Waals surface area contributed by atoms with Crippen LogP contribution in [0.25, 0.3) is 0 Å². The molecule has 48 valence electrons. The number of nitrogens with zero attached hydrogens (tertiary/aromatic N) is 1. The SMILES string of the molecule is Clc1cnc(Cl)c(Br)c1. The van der Waals surface area contributed by atoms with Crippen LogP contribution in [-0.4, -0.2) is 4.98 Å². The molecule has 9 heavy (non-hydrogen) atoms. The summed E-state index contributed by atoms with van der Waals surface area (Å²) >= 11 is 14.3. The molecule has 1 aromatic heterocycles. The van der Waals surface area contributed by atoms with Crippen molar-refractivity contribution in [1.82, 2.24) is 4.98 Å². The molecule has 0 amide bonds. The van der Waals surface area contributed by atoms with Crippen LogP contribution < -0.4 is 0 Å². The van der Waals surface area contributed by atoms with Gasteiger partial charge in [0, 0.05) is 6.20 Å². The monoisotopic (exact) mass is 225 g/mol. The summed E-state index contributed by atoms with van der Waals surface area (Å²) in [5.41, 5.74) is 0. The Morgan fingerprint density at radius 1 is 1.44 bits per heavy atom. The zero-order valence-electron chi connectivity index (χ0n) is 4.24. The minimum absolute atomic E-state index is 0.430. The maximum atomic E-state index is 5.57. The molecule has 0 atom stereocenters. The lowest BCUT2D eigenvalue weighted by Crippen LogP contribution is -1.74. The lowest BCUT2D eigenvalue weighted by molar-refractivity contribution is 1.31. The molecule has 0 saturated heterocycles.